The fraction of sp³-hybridized carbons (Fsp3) is 0.571. The van der Waals surface area contributed by atoms with Crippen LogP contribution in [-0.4, -0.2) is 33.9 Å². The predicted octanol–water partition coefficient (Wildman–Crippen LogP) is -0.795. The maximum Gasteiger partial charge on any atom is 0.237 e. The van der Waals surface area contributed by atoms with Gasteiger partial charge in [0.25, 0.3) is 0 Å². The van der Waals surface area contributed by atoms with E-state index in [1.54, 1.807) is 6.20 Å². The third-order valence-corrected chi connectivity index (χ3v) is 2.05. The number of H-pyrrole nitrogens is 1. The SMILES string of the molecule is Cl.O=C(NCc1cn[nH]n1)[C@H]1CCN1. The number of hydrogen-bond acceptors (Lipinski definition) is 4. The van der Waals surface area contributed by atoms with Gasteiger partial charge in [-0.15, -0.1) is 12.4 Å². The second-order valence-electron chi connectivity index (χ2n) is 2.97. The first-order valence-electron chi connectivity index (χ1n) is 4.22. The van der Waals surface area contributed by atoms with E-state index < -0.39 is 0 Å². The molecule has 1 aliphatic rings. The van der Waals surface area contributed by atoms with E-state index in [2.05, 4.69) is 26.0 Å². The summed E-state index contributed by atoms with van der Waals surface area (Å²) in [6.45, 7) is 1.37. The van der Waals surface area contributed by atoms with Gasteiger partial charge in [0.15, 0.2) is 0 Å². The van der Waals surface area contributed by atoms with Gasteiger partial charge in [-0.25, -0.2) is 0 Å². The third kappa shape index (κ3) is 2.43. The van der Waals surface area contributed by atoms with E-state index in [0.717, 1.165) is 18.7 Å². The topological polar surface area (TPSA) is 82.7 Å². The van der Waals surface area contributed by atoms with E-state index in [0.29, 0.717) is 6.54 Å². The van der Waals surface area contributed by atoms with Gasteiger partial charge >= 0.3 is 0 Å². The summed E-state index contributed by atoms with van der Waals surface area (Å²) >= 11 is 0. The normalized spacial score (nSPS) is 19.3. The molecule has 1 atom stereocenters. The van der Waals surface area contributed by atoms with Crippen molar-refractivity contribution in [3.05, 3.63) is 11.9 Å². The number of nitrogens with one attached hydrogen (secondary N) is 3. The van der Waals surface area contributed by atoms with Crippen molar-refractivity contribution in [2.24, 2.45) is 0 Å². The minimum Gasteiger partial charge on any atom is -0.349 e. The highest BCUT2D eigenvalue weighted by Gasteiger charge is 2.23. The number of carbonyl (C=O) groups is 1. The molecule has 7 heteroatoms. The first kappa shape index (κ1) is 10.9. The summed E-state index contributed by atoms with van der Waals surface area (Å²) in [5, 5.41) is 15.7. The first-order valence-corrected chi connectivity index (χ1v) is 4.22. The van der Waals surface area contributed by atoms with Crippen LogP contribution in [0.25, 0.3) is 0 Å². The van der Waals surface area contributed by atoms with E-state index in [9.17, 15) is 4.79 Å². The lowest BCUT2D eigenvalue weighted by Crippen LogP contribution is -2.52. The van der Waals surface area contributed by atoms with Crippen LogP contribution in [0.3, 0.4) is 0 Å². The van der Waals surface area contributed by atoms with E-state index in [1.807, 2.05) is 0 Å². The Balaban J connectivity index is 0.000000980. The van der Waals surface area contributed by atoms with Crippen molar-refractivity contribution in [2.75, 3.05) is 6.54 Å². The summed E-state index contributed by atoms with van der Waals surface area (Å²) in [5.41, 5.74) is 0.743. The smallest absolute Gasteiger partial charge is 0.237 e. The van der Waals surface area contributed by atoms with Gasteiger partial charge in [0.2, 0.25) is 5.91 Å². The van der Waals surface area contributed by atoms with Crippen molar-refractivity contribution < 1.29 is 4.79 Å². The monoisotopic (exact) mass is 217 g/mol. The second-order valence-corrected chi connectivity index (χ2v) is 2.97. The van der Waals surface area contributed by atoms with Crippen molar-refractivity contribution in [1.29, 1.82) is 0 Å². The zero-order valence-corrected chi connectivity index (χ0v) is 8.30. The van der Waals surface area contributed by atoms with Gasteiger partial charge in [0.1, 0.15) is 5.69 Å². The molecule has 3 N–H and O–H groups in total. The Morgan fingerprint density at radius 2 is 2.50 bits per heavy atom. The van der Waals surface area contributed by atoms with E-state index in [4.69, 9.17) is 0 Å². The molecule has 78 valence electrons. The molecule has 1 aromatic rings. The summed E-state index contributed by atoms with van der Waals surface area (Å²) in [6, 6.07) is -0.00750. The Labute approximate surface area is 87.2 Å². The summed E-state index contributed by atoms with van der Waals surface area (Å²) in [7, 11) is 0. The molecular formula is C7H12ClN5O. The lowest BCUT2D eigenvalue weighted by atomic mass is 10.1. The minimum atomic E-state index is -0.00750. The average Bonchev–Trinajstić information content (AvgIpc) is 2.49. The highest BCUT2D eigenvalue weighted by atomic mass is 35.5. The number of nitrogens with zero attached hydrogens (tertiary/aromatic N) is 2. The molecule has 6 nitrogen and oxygen atoms in total. The number of rotatable bonds is 3. The van der Waals surface area contributed by atoms with Crippen LogP contribution in [0, 0.1) is 0 Å². The molecule has 1 saturated heterocycles. The van der Waals surface area contributed by atoms with Crippen LogP contribution >= 0.6 is 12.4 Å². The van der Waals surface area contributed by atoms with Crippen LogP contribution in [0.1, 0.15) is 12.1 Å². The first-order chi connectivity index (χ1) is 6.36. The Kier molecular flexibility index (Phi) is 3.84. The third-order valence-electron chi connectivity index (χ3n) is 2.05. The molecule has 2 heterocycles. The summed E-state index contributed by atoms with van der Waals surface area (Å²) in [4.78, 5) is 11.3. The molecule has 0 unspecified atom stereocenters. The summed E-state index contributed by atoms with van der Waals surface area (Å²) < 4.78 is 0. The number of hydrogen-bond donors (Lipinski definition) is 3. The Morgan fingerprint density at radius 1 is 1.71 bits per heavy atom. The standard InChI is InChI=1S/C7H11N5O.ClH/c13-7(6-1-2-8-6)9-3-5-4-10-12-11-5;/h4,6,8H,1-3H2,(H,9,13)(H,10,11,12);1H/t6-;/m1./s1. The van der Waals surface area contributed by atoms with Gasteiger partial charge in [-0.2, -0.15) is 15.4 Å². The molecule has 0 saturated carbocycles. The van der Waals surface area contributed by atoms with Crippen molar-refractivity contribution in [2.45, 2.75) is 19.0 Å². The van der Waals surface area contributed by atoms with Crippen LogP contribution in [0.15, 0.2) is 6.20 Å². The largest absolute Gasteiger partial charge is 0.349 e. The second kappa shape index (κ2) is 4.92. The molecule has 1 fully saturated rings. The quantitative estimate of drug-likeness (QED) is 0.620. The van der Waals surface area contributed by atoms with Crippen molar-refractivity contribution in [3.8, 4) is 0 Å². The predicted molar refractivity (Wildman–Crippen MR) is 51.9 cm³/mol. The molecular weight excluding hydrogens is 206 g/mol. The summed E-state index contributed by atoms with van der Waals surface area (Å²) in [6.07, 6.45) is 2.51. The molecule has 0 aromatic carbocycles. The van der Waals surface area contributed by atoms with Gasteiger partial charge < -0.3 is 10.6 Å². The van der Waals surface area contributed by atoms with Crippen LogP contribution in [0.5, 0.6) is 0 Å². The molecule has 1 amide bonds. The molecule has 0 spiro atoms. The van der Waals surface area contributed by atoms with Gasteiger partial charge in [-0.1, -0.05) is 0 Å². The molecule has 0 aliphatic carbocycles. The molecule has 0 radical (unpaired) electrons. The maximum absolute atomic E-state index is 11.3. The van der Waals surface area contributed by atoms with Gasteiger partial charge in [0.05, 0.1) is 18.8 Å². The van der Waals surface area contributed by atoms with Crippen molar-refractivity contribution >= 4 is 18.3 Å². The van der Waals surface area contributed by atoms with Gasteiger partial charge in [-0.3, -0.25) is 4.79 Å². The molecule has 0 bridgehead atoms. The van der Waals surface area contributed by atoms with E-state index in [1.165, 1.54) is 0 Å². The number of aromatic amines is 1. The molecule has 14 heavy (non-hydrogen) atoms. The molecule has 2 rings (SSSR count). The van der Waals surface area contributed by atoms with Gasteiger partial charge in [-0.05, 0) is 13.0 Å². The number of halogens is 1. The average molecular weight is 218 g/mol. The lowest BCUT2D eigenvalue weighted by Gasteiger charge is -2.25. The lowest BCUT2D eigenvalue weighted by molar-refractivity contribution is -0.124. The van der Waals surface area contributed by atoms with Crippen LogP contribution in [0.2, 0.25) is 0 Å². The van der Waals surface area contributed by atoms with Crippen LogP contribution in [-0.2, 0) is 11.3 Å². The maximum atomic E-state index is 11.3. The van der Waals surface area contributed by atoms with Crippen molar-refractivity contribution in [3.63, 3.8) is 0 Å². The molecule has 1 aromatic heterocycles. The van der Waals surface area contributed by atoms with E-state index >= 15 is 0 Å². The number of aromatic nitrogens is 3. The van der Waals surface area contributed by atoms with E-state index in [-0.39, 0.29) is 24.4 Å². The fourth-order valence-corrected chi connectivity index (χ4v) is 1.12. The van der Waals surface area contributed by atoms with Gasteiger partial charge in [0, 0.05) is 0 Å². The number of amides is 1. The fourth-order valence-electron chi connectivity index (χ4n) is 1.12. The Bertz CT molecular complexity index is 284. The van der Waals surface area contributed by atoms with Crippen LogP contribution < -0.4 is 10.6 Å². The highest BCUT2D eigenvalue weighted by molar-refractivity contribution is 5.85. The highest BCUT2D eigenvalue weighted by Crippen LogP contribution is 2.01. The zero-order chi connectivity index (χ0) is 9.10. The minimum absolute atomic E-state index is 0. The Morgan fingerprint density at radius 3 is 3.00 bits per heavy atom. The number of carbonyl (C=O) groups excluding carboxylic acids is 1. The molecule has 1 aliphatic heterocycles. The van der Waals surface area contributed by atoms with Crippen LogP contribution in [0.4, 0.5) is 0 Å². The zero-order valence-electron chi connectivity index (χ0n) is 7.49. The van der Waals surface area contributed by atoms with Crippen molar-refractivity contribution in [1.82, 2.24) is 26.0 Å². The Hall–Kier alpha value is -1.14. The summed E-state index contributed by atoms with van der Waals surface area (Å²) in [5.74, 6) is 0.0363.